The highest BCUT2D eigenvalue weighted by Crippen LogP contribution is 2.20. The molecule has 0 fully saturated rings. The largest absolute Gasteiger partial charge is 0.448 e. The van der Waals surface area contributed by atoms with Gasteiger partial charge in [-0.3, -0.25) is 0 Å². The lowest BCUT2D eigenvalue weighted by Gasteiger charge is -2.12. The van der Waals surface area contributed by atoms with Gasteiger partial charge in [-0.15, -0.1) is 0 Å². The van der Waals surface area contributed by atoms with Crippen LogP contribution in [0.25, 0.3) is 0 Å². The molecule has 2 aromatic heterocycles. The zero-order valence-corrected chi connectivity index (χ0v) is 11.3. The fourth-order valence-electron chi connectivity index (χ4n) is 1.52. The number of aryl methyl sites for hydroxylation is 1. The highest BCUT2D eigenvalue weighted by atomic mass is 16.3. The molecule has 98 valence electrons. The summed E-state index contributed by atoms with van der Waals surface area (Å²) >= 11 is 0. The Balaban J connectivity index is 1.88. The molecule has 2 rings (SSSR count). The molecule has 0 radical (unpaired) electrons. The van der Waals surface area contributed by atoms with E-state index in [-0.39, 0.29) is 5.41 Å². The molecule has 0 aliphatic heterocycles. The molecule has 5 heteroatoms. The zero-order valence-electron chi connectivity index (χ0n) is 11.3. The van der Waals surface area contributed by atoms with Gasteiger partial charge >= 0.3 is 0 Å². The molecule has 0 saturated heterocycles. The van der Waals surface area contributed by atoms with Crippen LogP contribution in [-0.2, 0) is 18.5 Å². The van der Waals surface area contributed by atoms with Gasteiger partial charge in [-0.2, -0.15) is 0 Å². The topological polar surface area (TPSA) is 64.1 Å². The molecule has 0 aromatic carbocycles. The standard InChI is InChI=1S/C13H19N3O2/c1-9-10(15-8-18-9)5-14-6-12-16-11(7-17-12)13(2,3)4/h7-8,14H,5-6H2,1-4H3. The van der Waals surface area contributed by atoms with Crippen LogP contribution < -0.4 is 5.32 Å². The average Bonchev–Trinajstić information content (AvgIpc) is 2.88. The SMILES string of the molecule is Cc1ocnc1CNCc1nc(C(C)(C)C)co1. The fourth-order valence-corrected chi connectivity index (χ4v) is 1.52. The highest BCUT2D eigenvalue weighted by molar-refractivity contribution is 5.08. The van der Waals surface area contributed by atoms with Gasteiger partial charge in [0.2, 0.25) is 5.89 Å². The van der Waals surface area contributed by atoms with Gasteiger partial charge in [0.25, 0.3) is 0 Å². The van der Waals surface area contributed by atoms with Crippen LogP contribution in [0.3, 0.4) is 0 Å². The maximum absolute atomic E-state index is 5.42. The summed E-state index contributed by atoms with van der Waals surface area (Å²) in [5.41, 5.74) is 1.90. The number of aromatic nitrogens is 2. The van der Waals surface area contributed by atoms with E-state index in [0.717, 1.165) is 17.1 Å². The summed E-state index contributed by atoms with van der Waals surface area (Å²) in [4.78, 5) is 8.56. The van der Waals surface area contributed by atoms with E-state index in [2.05, 4.69) is 36.1 Å². The van der Waals surface area contributed by atoms with Crippen molar-refractivity contribution in [3.8, 4) is 0 Å². The minimum absolute atomic E-state index is 0.0183. The smallest absolute Gasteiger partial charge is 0.208 e. The van der Waals surface area contributed by atoms with Gasteiger partial charge in [-0.1, -0.05) is 20.8 Å². The lowest BCUT2D eigenvalue weighted by Crippen LogP contribution is -2.15. The summed E-state index contributed by atoms with van der Waals surface area (Å²) < 4.78 is 10.5. The quantitative estimate of drug-likeness (QED) is 0.902. The van der Waals surface area contributed by atoms with Crippen molar-refractivity contribution in [3.63, 3.8) is 0 Å². The van der Waals surface area contributed by atoms with Crippen LogP contribution in [0.5, 0.6) is 0 Å². The van der Waals surface area contributed by atoms with Gasteiger partial charge in [0.1, 0.15) is 12.0 Å². The number of nitrogens with zero attached hydrogens (tertiary/aromatic N) is 2. The summed E-state index contributed by atoms with van der Waals surface area (Å²) in [5.74, 6) is 1.53. The molecule has 0 atom stereocenters. The molecule has 2 aromatic rings. The number of hydrogen-bond donors (Lipinski definition) is 1. The predicted octanol–water partition coefficient (Wildman–Crippen LogP) is 2.56. The molecule has 0 amide bonds. The molecular formula is C13H19N3O2. The maximum Gasteiger partial charge on any atom is 0.208 e. The second-order valence-corrected chi connectivity index (χ2v) is 5.34. The number of oxazole rings is 2. The average molecular weight is 249 g/mol. The van der Waals surface area contributed by atoms with E-state index < -0.39 is 0 Å². The number of rotatable bonds is 4. The van der Waals surface area contributed by atoms with Crippen molar-refractivity contribution < 1.29 is 8.83 Å². The molecule has 1 N–H and O–H groups in total. The molecule has 0 spiro atoms. The van der Waals surface area contributed by atoms with E-state index in [4.69, 9.17) is 8.83 Å². The Morgan fingerprint density at radius 3 is 2.56 bits per heavy atom. The lowest BCUT2D eigenvalue weighted by atomic mass is 9.93. The summed E-state index contributed by atoms with van der Waals surface area (Å²) in [6, 6.07) is 0. The van der Waals surface area contributed by atoms with Gasteiger partial charge in [0.05, 0.1) is 17.9 Å². The third kappa shape index (κ3) is 2.98. The zero-order chi connectivity index (χ0) is 13.2. The molecule has 2 heterocycles. The third-order valence-electron chi connectivity index (χ3n) is 2.73. The monoisotopic (exact) mass is 249 g/mol. The minimum atomic E-state index is 0.0183. The van der Waals surface area contributed by atoms with Gasteiger partial charge < -0.3 is 14.2 Å². The van der Waals surface area contributed by atoms with Crippen LogP contribution in [0.15, 0.2) is 21.5 Å². The molecule has 0 aliphatic carbocycles. The Labute approximate surface area is 107 Å². The Morgan fingerprint density at radius 2 is 2.00 bits per heavy atom. The lowest BCUT2D eigenvalue weighted by molar-refractivity contribution is 0.464. The van der Waals surface area contributed by atoms with E-state index in [0.29, 0.717) is 19.0 Å². The number of hydrogen-bond acceptors (Lipinski definition) is 5. The fraction of sp³-hybridized carbons (Fsp3) is 0.538. The van der Waals surface area contributed by atoms with Crippen LogP contribution in [0, 0.1) is 6.92 Å². The van der Waals surface area contributed by atoms with Crippen molar-refractivity contribution in [2.45, 2.75) is 46.2 Å². The van der Waals surface area contributed by atoms with Gasteiger partial charge in [0, 0.05) is 12.0 Å². The minimum Gasteiger partial charge on any atom is -0.448 e. The first-order valence-electron chi connectivity index (χ1n) is 6.01. The highest BCUT2D eigenvalue weighted by Gasteiger charge is 2.18. The molecule has 0 unspecified atom stereocenters. The Kier molecular flexibility index (Phi) is 3.52. The van der Waals surface area contributed by atoms with E-state index in [1.54, 1.807) is 6.26 Å². The van der Waals surface area contributed by atoms with E-state index in [1.165, 1.54) is 6.39 Å². The van der Waals surface area contributed by atoms with Gasteiger partial charge in [-0.25, -0.2) is 9.97 Å². The van der Waals surface area contributed by atoms with Crippen molar-refractivity contribution >= 4 is 0 Å². The van der Waals surface area contributed by atoms with Gasteiger partial charge in [-0.05, 0) is 6.92 Å². The molecule has 0 saturated carbocycles. The van der Waals surface area contributed by atoms with Crippen molar-refractivity contribution in [2.24, 2.45) is 0 Å². The first kappa shape index (κ1) is 12.8. The van der Waals surface area contributed by atoms with Crippen LogP contribution in [0.4, 0.5) is 0 Å². The van der Waals surface area contributed by atoms with Crippen molar-refractivity contribution in [3.05, 3.63) is 35.7 Å². The Bertz CT molecular complexity index is 508. The first-order valence-corrected chi connectivity index (χ1v) is 6.01. The predicted molar refractivity (Wildman–Crippen MR) is 67.0 cm³/mol. The molecule has 0 bridgehead atoms. The molecular weight excluding hydrogens is 230 g/mol. The third-order valence-corrected chi connectivity index (χ3v) is 2.73. The van der Waals surface area contributed by atoms with Crippen molar-refractivity contribution in [1.82, 2.24) is 15.3 Å². The second-order valence-electron chi connectivity index (χ2n) is 5.34. The summed E-state index contributed by atoms with van der Waals surface area (Å²) in [5, 5.41) is 3.23. The van der Waals surface area contributed by atoms with Crippen molar-refractivity contribution in [2.75, 3.05) is 0 Å². The summed E-state index contributed by atoms with van der Waals surface area (Å²) in [7, 11) is 0. The summed E-state index contributed by atoms with van der Waals surface area (Å²) in [6.45, 7) is 9.47. The Hall–Kier alpha value is -1.62. The van der Waals surface area contributed by atoms with Crippen LogP contribution in [0.1, 0.15) is 43.8 Å². The van der Waals surface area contributed by atoms with E-state index in [1.807, 2.05) is 6.92 Å². The molecule has 18 heavy (non-hydrogen) atoms. The Morgan fingerprint density at radius 1 is 1.22 bits per heavy atom. The van der Waals surface area contributed by atoms with E-state index in [9.17, 15) is 0 Å². The summed E-state index contributed by atoms with van der Waals surface area (Å²) in [6.07, 6.45) is 3.17. The molecule has 5 nitrogen and oxygen atoms in total. The van der Waals surface area contributed by atoms with Gasteiger partial charge in [0.15, 0.2) is 6.39 Å². The normalized spacial score (nSPS) is 12.0. The van der Waals surface area contributed by atoms with E-state index >= 15 is 0 Å². The van der Waals surface area contributed by atoms with Crippen LogP contribution in [-0.4, -0.2) is 9.97 Å². The molecule has 0 aliphatic rings. The van der Waals surface area contributed by atoms with Crippen LogP contribution >= 0.6 is 0 Å². The number of nitrogens with one attached hydrogen (secondary N) is 1. The maximum atomic E-state index is 5.42. The van der Waals surface area contributed by atoms with Crippen LogP contribution in [0.2, 0.25) is 0 Å². The first-order chi connectivity index (χ1) is 8.47. The second kappa shape index (κ2) is 4.94. The van der Waals surface area contributed by atoms with Crippen molar-refractivity contribution in [1.29, 1.82) is 0 Å².